The smallest absolute Gasteiger partial charge is 0.336 e. The number of hydrogen-bond donors (Lipinski definition) is 1. The monoisotopic (exact) mass is 470 g/mol. The summed E-state index contributed by atoms with van der Waals surface area (Å²) in [6, 6.07) is 13.5. The van der Waals surface area contributed by atoms with Gasteiger partial charge in [0.1, 0.15) is 5.69 Å². The van der Waals surface area contributed by atoms with E-state index in [2.05, 4.69) is 0 Å². The quantitative estimate of drug-likeness (QED) is 0.439. The topological polar surface area (TPSA) is 81.3 Å². The SMILES string of the molecule is CCC(=O)n1c(C(F)F)c(CCC(C)C)n(Cc2ccc(-c3ccccc3C(=O)O)cc2)c1=O. The number of alkyl halides is 2. The molecular formula is C26H28F2N2O4. The largest absolute Gasteiger partial charge is 0.478 e. The second-order valence-electron chi connectivity index (χ2n) is 8.56. The third kappa shape index (κ3) is 5.16. The van der Waals surface area contributed by atoms with Crippen molar-refractivity contribution in [2.24, 2.45) is 5.92 Å². The molecule has 1 aromatic heterocycles. The van der Waals surface area contributed by atoms with Crippen molar-refractivity contribution in [1.29, 1.82) is 0 Å². The van der Waals surface area contributed by atoms with Crippen LogP contribution < -0.4 is 5.69 Å². The van der Waals surface area contributed by atoms with Crippen LogP contribution >= 0.6 is 0 Å². The molecule has 0 aliphatic rings. The van der Waals surface area contributed by atoms with Crippen molar-refractivity contribution in [3.05, 3.63) is 81.5 Å². The molecule has 0 amide bonds. The number of imidazole rings is 1. The standard InChI is InChI=1S/C26H28F2N2O4/c1-4-22(31)30-23(24(27)28)21(14-9-16(2)3)29(26(30)34)15-17-10-12-18(13-11-17)19-7-5-6-8-20(19)25(32)33/h5-8,10-13,16,24H,4,9,14-15H2,1-3H3,(H,32,33). The summed E-state index contributed by atoms with van der Waals surface area (Å²) in [6.45, 7) is 5.48. The van der Waals surface area contributed by atoms with E-state index in [1.54, 1.807) is 42.5 Å². The maximum Gasteiger partial charge on any atom is 0.336 e. The van der Waals surface area contributed by atoms with Gasteiger partial charge in [-0.1, -0.05) is 63.2 Å². The molecule has 0 unspecified atom stereocenters. The van der Waals surface area contributed by atoms with Crippen LogP contribution in [0.15, 0.2) is 53.3 Å². The van der Waals surface area contributed by atoms with Gasteiger partial charge < -0.3 is 5.11 Å². The van der Waals surface area contributed by atoms with Gasteiger partial charge in [0.2, 0.25) is 5.91 Å². The molecule has 0 aliphatic heterocycles. The minimum absolute atomic E-state index is 0.0246. The molecule has 0 saturated carbocycles. The van der Waals surface area contributed by atoms with Crippen molar-refractivity contribution in [3.63, 3.8) is 0 Å². The first-order chi connectivity index (χ1) is 16.1. The highest BCUT2D eigenvalue weighted by atomic mass is 19.3. The molecule has 3 aromatic rings. The summed E-state index contributed by atoms with van der Waals surface area (Å²) in [5, 5.41) is 9.44. The molecule has 2 aromatic carbocycles. The number of hydrogen-bond acceptors (Lipinski definition) is 3. The molecule has 0 fully saturated rings. The lowest BCUT2D eigenvalue weighted by Crippen LogP contribution is -2.30. The highest BCUT2D eigenvalue weighted by Gasteiger charge is 2.29. The summed E-state index contributed by atoms with van der Waals surface area (Å²) in [4.78, 5) is 37.0. The maximum absolute atomic E-state index is 14.0. The second kappa shape index (κ2) is 10.6. The molecule has 6 nitrogen and oxygen atoms in total. The fraction of sp³-hybridized carbons (Fsp3) is 0.346. The Morgan fingerprint density at radius 3 is 2.24 bits per heavy atom. The predicted molar refractivity (Wildman–Crippen MR) is 126 cm³/mol. The minimum atomic E-state index is -2.96. The molecule has 0 radical (unpaired) electrons. The number of carbonyl (C=O) groups is 2. The van der Waals surface area contributed by atoms with Gasteiger partial charge in [-0.05, 0) is 41.5 Å². The van der Waals surface area contributed by atoms with Crippen molar-refractivity contribution in [2.45, 2.75) is 53.0 Å². The van der Waals surface area contributed by atoms with Crippen molar-refractivity contribution >= 4 is 11.9 Å². The highest BCUT2D eigenvalue weighted by Crippen LogP contribution is 2.27. The first-order valence-corrected chi connectivity index (χ1v) is 11.2. The predicted octanol–water partition coefficient (Wildman–Crippen LogP) is 5.64. The van der Waals surface area contributed by atoms with Gasteiger partial charge in [-0.2, -0.15) is 0 Å². The van der Waals surface area contributed by atoms with E-state index in [0.29, 0.717) is 27.7 Å². The lowest BCUT2D eigenvalue weighted by atomic mass is 9.98. The van der Waals surface area contributed by atoms with Crippen LogP contribution in [0.1, 0.15) is 72.1 Å². The molecule has 0 spiro atoms. The van der Waals surface area contributed by atoms with Crippen LogP contribution in [0.5, 0.6) is 0 Å². The fourth-order valence-corrected chi connectivity index (χ4v) is 3.97. The maximum atomic E-state index is 14.0. The molecule has 0 aliphatic carbocycles. The number of carboxylic acids is 1. The van der Waals surface area contributed by atoms with Gasteiger partial charge in [-0.3, -0.25) is 9.36 Å². The van der Waals surface area contributed by atoms with E-state index in [4.69, 9.17) is 0 Å². The summed E-state index contributed by atoms with van der Waals surface area (Å²) < 4.78 is 29.9. The Morgan fingerprint density at radius 1 is 1.03 bits per heavy atom. The lowest BCUT2D eigenvalue weighted by Gasteiger charge is -2.12. The normalized spacial score (nSPS) is 11.4. The number of carbonyl (C=O) groups excluding carboxylic acids is 1. The van der Waals surface area contributed by atoms with Gasteiger partial charge >= 0.3 is 11.7 Å². The number of aromatic carboxylic acids is 1. The molecule has 1 heterocycles. The van der Waals surface area contributed by atoms with E-state index in [0.717, 1.165) is 0 Å². The summed E-state index contributed by atoms with van der Waals surface area (Å²) in [7, 11) is 0. The van der Waals surface area contributed by atoms with Gasteiger partial charge in [0, 0.05) is 12.1 Å². The average Bonchev–Trinajstić information content (AvgIpc) is 3.09. The van der Waals surface area contributed by atoms with E-state index < -0.39 is 29.7 Å². The molecular weight excluding hydrogens is 442 g/mol. The Morgan fingerprint density at radius 2 is 1.68 bits per heavy atom. The lowest BCUT2D eigenvalue weighted by molar-refractivity contribution is 0.0697. The Hall–Kier alpha value is -3.55. The van der Waals surface area contributed by atoms with Crippen LogP contribution in [0.4, 0.5) is 8.78 Å². The van der Waals surface area contributed by atoms with Gasteiger partial charge in [-0.15, -0.1) is 0 Å². The first kappa shape index (κ1) is 25.1. The van der Waals surface area contributed by atoms with Gasteiger partial charge in [0.15, 0.2) is 0 Å². The number of rotatable bonds is 9. The van der Waals surface area contributed by atoms with Gasteiger partial charge in [-0.25, -0.2) is 22.9 Å². The zero-order valence-electron chi connectivity index (χ0n) is 19.4. The third-order valence-electron chi connectivity index (χ3n) is 5.76. The first-order valence-electron chi connectivity index (χ1n) is 11.2. The molecule has 0 atom stereocenters. The Bertz CT molecular complexity index is 1240. The molecule has 3 rings (SSSR count). The van der Waals surface area contributed by atoms with Crippen LogP contribution in [0.2, 0.25) is 0 Å². The summed E-state index contributed by atoms with van der Waals surface area (Å²) in [6.07, 6.45) is -2.18. The molecule has 1 N–H and O–H groups in total. The minimum Gasteiger partial charge on any atom is -0.478 e. The van der Waals surface area contributed by atoms with E-state index in [9.17, 15) is 28.3 Å². The third-order valence-corrected chi connectivity index (χ3v) is 5.76. The molecule has 8 heteroatoms. The van der Waals surface area contributed by atoms with Crippen molar-refractivity contribution < 1.29 is 23.5 Å². The summed E-state index contributed by atoms with van der Waals surface area (Å²) >= 11 is 0. The molecule has 0 bridgehead atoms. The Labute approximate surface area is 196 Å². The van der Waals surface area contributed by atoms with Crippen LogP contribution in [0.25, 0.3) is 11.1 Å². The van der Waals surface area contributed by atoms with Crippen LogP contribution in [0, 0.1) is 5.92 Å². The fourth-order valence-electron chi connectivity index (χ4n) is 3.97. The van der Waals surface area contributed by atoms with Crippen molar-refractivity contribution in [2.75, 3.05) is 0 Å². The van der Waals surface area contributed by atoms with E-state index in [1.165, 1.54) is 17.6 Å². The molecule has 0 saturated heterocycles. The molecule has 180 valence electrons. The summed E-state index contributed by atoms with van der Waals surface area (Å²) in [5.74, 6) is -1.47. The van der Waals surface area contributed by atoms with Crippen molar-refractivity contribution in [1.82, 2.24) is 9.13 Å². The number of aromatic nitrogens is 2. The number of benzene rings is 2. The van der Waals surface area contributed by atoms with Gasteiger partial charge in [0.25, 0.3) is 6.43 Å². The van der Waals surface area contributed by atoms with Gasteiger partial charge in [0.05, 0.1) is 12.1 Å². The van der Waals surface area contributed by atoms with Crippen LogP contribution in [-0.2, 0) is 13.0 Å². The van der Waals surface area contributed by atoms with E-state index >= 15 is 0 Å². The Balaban J connectivity index is 2.04. The van der Waals surface area contributed by atoms with Crippen LogP contribution in [0.3, 0.4) is 0 Å². The number of halogens is 2. The number of nitrogens with zero attached hydrogens (tertiary/aromatic N) is 2. The zero-order chi connectivity index (χ0) is 25.0. The zero-order valence-corrected chi connectivity index (χ0v) is 19.4. The number of carboxylic acid groups (broad SMARTS) is 1. The van der Waals surface area contributed by atoms with Crippen LogP contribution in [-0.4, -0.2) is 26.1 Å². The Kier molecular flexibility index (Phi) is 7.81. The van der Waals surface area contributed by atoms with Crippen molar-refractivity contribution in [3.8, 4) is 11.1 Å². The highest BCUT2D eigenvalue weighted by molar-refractivity contribution is 5.96. The molecule has 34 heavy (non-hydrogen) atoms. The second-order valence-corrected chi connectivity index (χ2v) is 8.56. The van der Waals surface area contributed by atoms with E-state index in [1.807, 2.05) is 13.8 Å². The average molecular weight is 471 g/mol. The summed E-state index contributed by atoms with van der Waals surface area (Å²) in [5.41, 5.74) is 0.962. The van der Waals surface area contributed by atoms with E-state index in [-0.39, 0.29) is 36.6 Å².